The molecule has 0 radical (unpaired) electrons. The van der Waals surface area contributed by atoms with Crippen LogP contribution in [0.3, 0.4) is 0 Å². The molecule has 0 aliphatic carbocycles. The molecule has 0 heterocycles. The lowest BCUT2D eigenvalue weighted by Crippen LogP contribution is -2.32. The highest BCUT2D eigenvalue weighted by molar-refractivity contribution is 5.98. The van der Waals surface area contributed by atoms with E-state index in [1.165, 1.54) is 96.3 Å². The summed E-state index contributed by atoms with van der Waals surface area (Å²) >= 11 is 0. The van der Waals surface area contributed by atoms with Gasteiger partial charge in [0.15, 0.2) is 0 Å². The van der Waals surface area contributed by atoms with Gasteiger partial charge in [-0.25, -0.2) is 0 Å². The zero-order valence-electron chi connectivity index (χ0n) is 15.5. The van der Waals surface area contributed by atoms with Crippen LogP contribution in [0.2, 0.25) is 0 Å². The Kier molecular flexibility index (Phi) is 15.2. The first-order chi connectivity index (χ1) is 10.2. The van der Waals surface area contributed by atoms with Crippen molar-refractivity contribution >= 4 is 10.5 Å². The third kappa shape index (κ3) is 11.4. The van der Waals surface area contributed by atoms with E-state index in [1.54, 1.807) is 0 Å². The summed E-state index contributed by atoms with van der Waals surface area (Å²) in [6.07, 6.45) is 20.4. The van der Waals surface area contributed by atoms with Crippen molar-refractivity contribution in [3.8, 4) is 0 Å². The van der Waals surface area contributed by atoms with Crippen LogP contribution in [-0.2, 0) is 4.43 Å². The maximum Gasteiger partial charge on any atom is 0.146 e. The number of rotatable bonds is 16. The van der Waals surface area contributed by atoms with E-state index in [4.69, 9.17) is 4.43 Å². The van der Waals surface area contributed by atoms with Crippen molar-refractivity contribution in [3.63, 3.8) is 0 Å². The van der Waals surface area contributed by atoms with Crippen LogP contribution in [-0.4, -0.2) is 16.1 Å². The summed E-state index contributed by atoms with van der Waals surface area (Å²) in [5, 5.41) is 0. The van der Waals surface area contributed by atoms with Crippen LogP contribution in [0.4, 0.5) is 0 Å². The Morgan fingerprint density at radius 3 is 1.14 bits per heavy atom. The predicted octanol–water partition coefficient (Wildman–Crippen LogP) is 5.93. The van der Waals surface area contributed by atoms with E-state index >= 15 is 0 Å². The second kappa shape index (κ2) is 15.1. The summed E-state index contributed by atoms with van der Waals surface area (Å²) in [6.45, 7) is 6.89. The molecule has 0 aromatic carbocycles. The first kappa shape index (κ1) is 21.2. The van der Waals surface area contributed by atoms with Crippen molar-refractivity contribution in [2.24, 2.45) is 0 Å². The molecule has 0 saturated heterocycles. The SMILES string of the molecule is CCCCCCC(CCCCCC)(CCCCCC)O[SiH3]. The molecule has 1 nitrogen and oxygen atoms in total. The van der Waals surface area contributed by atoms with Gasteiger partial charge in [-0.1, -0.05) is 97.8 Å². The average molecular weight is 315 g/mol. The molecular formula is C19H42OSi. The van der Waals surface area contributed by atoms with Gasteiger partial charge >= 0.3 is 0 Å². The molecule has 0 rings (SSSR count). The molecular weight excluding hydrogens is 272 g/mol. The lowest BCUT2D eigenvalue weighted by Gasteiger charge is -2.34. The van der Waals surface area contributed by atoms with E-state index in [1.807, 2.05) is 0 Å². The van der Waals surface area contributed by atoms with Crippen molar-refractivity contribution < 1.29 is 4.43 Å². The summed E-state index contributed by atoms with van der Waals surface area (Å²) in [7, 11) is 0.904. The van der Waals surface area contributed by atoms with Crippen molar-refractivity contribution in [2.75, 3.05) is 0 Å². The van der Waals surface area contributed by atoms with Gasteiger partial charge in [-0.15, -0.1) is 0 Å². The molecule has 0 fully saturated rings. The lowest BCUT2D eigenvalue weighted by atomic mass is 9.85. The topological polar surface area (TPSA) is 9.23 Å². The average Bonchev–Trinajstić information content (AvgIpc) is 2.51. The molecule has 128 valence electrons. The highest BCUT2D eigenvalue weighted by Crippen LogP contribution is 2.31. The Hall–Kier alpha value is 0.177. The van der Waals surface area contributed by atoms with Gasteiger partial charge in [0.25, 0.3) is 0 Å². The van der Waals surface area contributed by atoms with Crippen molar-refractivity contribution in [1.82, 2.24) is 0 Å². The standard InChI is InChI=1S/C19H42OSi/c1-4-7-10-13-16-19(20-21,17-14-11-8-5-2)18-15-12-9-6-3/h4-18H2,1-3,21H3. The van der Waals surface area contributed by atoms with Crippen LogP contribution < -0.4 is 0 Å². The summed E-state index contributed by atoms with van der Waals surface area (Å²) < 4.78 is 6.22. The van der Waals surface area contributed by atoms with Gasteiger partial charge in [-0.3, -0.25) is 0 Å². The normalized spacial score (nSPS) is 12.1. The van der Waals surface area contributed by atoms with Crippen molar-refractivity contribution in [3.05, 3.63) is 0 Å². The largest absolute Gasteiger partial charge is 0.422 e. The minimum atomic E-state index is 0.251. The van der Waals surface area contributed by atoms with Gasteiger partial charge in [0.05, 0.1) is 5.60 Å². The van der Waals surface area contributed by atoms with E-state index in [-0.39, 0.29) is 5.60 Å². The molecule has 0 aromatic rings. The summed E-state index contributed by atoms with van der Waals surface area (Å²) in [5.74, 6) is 0. The molecule has 0 saturated carbocycles. The Bertz CT molecular complexity index is 174. The summed E-state index contributed by atoms with van der Waals surface area (Å²) in [6, 6.07) is 0. The fourth-order valence-corrected chi connectivity index (χ4v) is 3.92. The van der Waals surface area contributed by atoms with Gasteiger partial charge in [0, 0.05) is 0 Å². The van der Waals surface area contributed by atoms with Crippen LogP contribution in [0.1, 0.15) is 117 Å². The molecule has 0 amide bonds. The van der Waals surface area contributed by atoms with Crippen LogP contribution in [0.25, 0.3) is 0 Å². The van der Waals surface area contributed by atoms with Gasteiger partial charge < -0.3 is 4.43 Å². The Morgan fingerprint density at radius 2 is 0.905 bits per heavy atom. The lowest BCUT2D eigenvalue weighted by molar-refractivity contribution is 0.0424. The van der Waals surface area contributed by atoms with E-state index in [0.717, 1.165) is 10.5 Å². The van der Waals surface area contributed by atoms with E-state index in [2.05, 4.69) is 20.8 Å². The second-order valence-corrected chi connectivity index (χ2v) is 7.23. The second-order valence-electron chi connectivity index (χ2n) is 6.82. The molecule has 0 aromatic heterocycles. The zero-order chi connectivity index (χ0) is 15.8. The fourth-order valence-electron chi connectivity index (χ4n) is 3.30. The van der Waals surface area contributed by atoms with Gasteiger partial charge in [-0.2, -0.15) is 0 Å². The molecule has 0 bridgehead atoms. The Balaban J connectivity index is 4.22. The maximum absolute atomic E-state index is 6.22. The zero-order valence-corrected chi connectivity index (χ0v) is 17.5. The molecule has 21 heavy (non-hydrogen) atoms. The van der Waals surface area contributed by atoms with E-state index in [9.17, 15) is 0 Å². The van der Waals surface area contributed by atoms with E-state index in [0.29, 0.717) is 0 Å². The monoisotopic (exact) mass is 314 g/mol. The predicted molar refractivity (Wildman–Crippen MR) is 100 cm³/mol. The van der Waals surface area contributed by atoms with Gasteiger partial charge in [-0.05, 0) is 19.3 Å². The molecule has 0 unspecified atom stereocenters. The summed E-state index contributed by atoms with van der Waals surface area (Å²) in [5.41, 5.74) is 0.251. The van der Waals surface area contributed by atoms with Crippen LogP contribution >= 0.6 is 0 Å². The van der Waals surface area contributed by atoms with E-state index < -0.39 is 0 Å². The molecule has 0 N–H and O–H groups in total. The minimum absolute atomic E-state index is 0.251. The minimum Gasteiger partial charge on any atom is -0.422 e. The maximum atomic E-state index is 6.22. The van der Waals surface area contributed by atoms with Crippen LogP contribution in [0.15, 0.2) is 0 Å². The van der Waals surface area contributed by atoms with Crippen molar-refractivity contribution in [2.45, 2.75) is 123 Å². The smallest absolute Gasteiger partial charge is 0.146 e. The number of hydrogen-bond donors (Lipinski definition) is 0. The molecule has 0 aliphatic rings. The third-order valence-electron chi connectivity index (χ3n) is 4.89. The van der Waals surface area contributed by atoms with Crippen molar-refractivity contribution in [1.29, 1.82) is 0 Å². The number of unbranched alkanes of at least 4 members (excludes halogenated alkanes) is 9. The van der Waals surface area contributed by atoms with Crippen LogP contribution in [0.5, 0.6) is 0 Å². The van der Waals surface area contributed by atoms with Crippen LogP contribution in [0, 0.1) is 0 Å². The molecule has 0 atom stereocenters. The quantitative estimate of drug-likeness (QED) is 0.253. The Labute approximate surface area is 138 Å². The third-order valence-corrected chi connectivity index (χ3v) is 5.76. The highest BCUT2D eigenvalue weighted by Gasteiger charge is 2.27. The number of hydrogen-bond acceptors (Lipinski definition) is 1. The highest BCUT2D eigenvalue weighted by atomic mass is 28.2. The Morgan fingerprint density at radius 1 is 0.571 bits per heavy atom. The molecule has 2 heteroatoms. The first-order valence-electron chi connectivity index (χ1n) is 9.79. The van der Waals surface area contributed by atoms with Gasteiger partial charge in [0.1, 0.15) is 10.5 Å². The first-order valence-corrected chi connectivity index (χ1v) is 10.6. The van der Waals surface area contributed by atoms with Gasteiger partial charge in [0.2, 0.25) is 0 Å². The fraction of sp³-hybridized carbons (Fsp3) is 1.00. The molecule has 0 aliphatic heterocycles. The molecule has 0 spiro atoms. The summed E-state index contributed by atoms with van der Waals surface area (Å²) in [4.78, 5) is 0.